The number of carbonyl (C=O) groups is 12. The summed E-state index contributed by atoms with van der Waals surface area (Å²) >= 11 is 1.59. The van der Waals surface area contributed by atoms with E-state index in [1.807, 2.05) is 19.9 Å². The molecular formula is C80H124N10O16S. The molecule has 0 radical (unpaired) electrons. The number of carbonyl (C=O) groups excluding carboxylic acids is 11. The Balaban J connectivity index is 1.14. The highest BCUT2D eigenvalue weighted by molar-refractivity contribution is 8.04. The largest absolute Gasteiger partial charge is 0.480 e. The fraction of sp³-hybridized carbons (Fsp3) is 0.675. The Morgan fingerprint density at radius 1 is 0.664 bits per heavy atom. The van der Waals surface area contributed by atoms with E-state index in [-0.39, 0.29) is 80.5 Å². The predicted molar refractivity (Wildman–Crippen MR) is 412 cm³/mol. The summed E-state index contributed by atoms with van der Waals surface area (Å²) in [5, 5.41) is 26.9. The number of thioether (sulfide) groups is 1. The first-order valence-electron chi connectivity index (χ1n) is 38.8. The maximum absolute atomic E-state index is 14.9. The number of methoxy groups -OCH3 is 2. The highest BCUT2D eigenvalue weighted by atomic mass is 32.2. The Hall–Kier alpha value is -7.91. The van der Waals surface area contributed by atoms with Crippen LogP contribution in [0.3, 0.4) is 0 Å². The molecule has 3 aliphatic rings. The molecule has 27 heteroatoms. The second kappa shape index (κ2) is 45.8. The number of nitrogens with two attached hydrogens (primary N) is 1. The average molecular weight is 1510 g/mol. The van der Waals surface area contributed by atoms with Gasteiger partial charge >= 0.3 is 18.1 Å². The van der Waals surface area contributed by atoms with Crippen LogP contribution in [0.2, 0.25) is 0 Å². The number of benzene rings is 2. The van der Waals surface area contributed by atoms with Crippen molar-refractivity contribution in [2.45, 2.75) is 270 Å². The average Bonchev–Trinajstić information content (AvgIpc) is 1.80. The number of Topliss-reactive ketones (excluding diaryl/α,β-unsaturated/α-hetero) is 1. The van der Waals surface area contributed by atoms with E-state index in [2.05, 4.69) is 31.9 Å². The Kier molecular flexibility index (Phi) is 38.4. The molecule has 1 saturated heterocycles. The van der Waals surface area contributed by atoms with Gasteiger partial charge in [-0.25, -0.2) is 14.4 Å². The Morgan fingerprint density at radius 2 is 1.29 bits per heavy atom. The number of ether oxygens (including phenoxy) is 3. The third-order valence-electron chi connectivity index (χ3n) is 21.1. The summed E-state index contributed by atoms with van der Waals surface area (Å²) in [6, 6.07) is 7.94. The van der Waals surface area contributed by atoms with Crippen LogP contribution >= 0.6 is 11.8 Å². The van der Waals surface area contributed by atoms with Crippen molar-refractivity contribution >= 4 is 88.5 Å². The number of rotatable bonds is 41. The Bertz CT molecular complexity index is 3270. The first kappa shape index (κ1) is 89.7. The van der Waals surface area contributed by atoms with Crippen molar-refractivity contribution in [3.8, 4) is 0 Å². The number of hydrogen-bond acceptors (Lipinski definition) is 16. The number of carboxylic acids is 1. The smallest absolute Gasteiger partial charge is 0.410 e. The van der Waals surface area contributed by atoms with Crippen molar-refractivity contribution in [2.24, 2.45) is 41.2 Å². The lowest BCUT2D eigenvalue weighted by Crippen LogP contribution is -2.60. The van der Waals surface area contributed by atoms with E-state index in [9.17, 15) is 62.6 Å². The van der Waals surface area contributed by atoms with Crippen molar-refractivity contribution in [3.05, 3.63) is 76.7 Å². The number of likely N-dealkylation sites (N-methyl/N-ethyl adjacent to an activating group) is 2. The number of nitrogens with zero attached hydrogens (tertiary/aromatic N) is 3. The zero-order chi connectivity index (χ0) is 79.0. The monoisotopic (exact) mass is 1510 g/mol. The molecule has 2 aliphatic carbocycles. The molecule has 2 aromatic carbocycles. The SMILES string of the molecule is CC[C@H](C)[C@@H]([C@@H](CC(=O)N1CCC[C@H]1[C@H](OC)[C@@H](C)C(=O)N[C@@H](Cc1ccccc1)C(=O)O)OC)N(C)C(=O)[C@@H](NC(=O)[C@H](C(C)C)N(C)C(=O)OCc1ccc(NC(=O)[C@H](CCCNC(N)=O)NC(=O)[C@@H](NC(=O)CCCCCC2C(=O)C=C(SC3CCCCCCCCCC3)C2=O)C(C)C)cc1)C(C)C. The van der Waals surface area contributed by atoms with E-state index >= 15 is 0 Å². The van der Waals surface area contributed by atoms with Crippen LogP contribution in [0.1, 0.15) is 208 Å². The Morgan fingerprint density at radius 3 is 1.87 bits per heavy atom. The van der Waals surface area contributed by atoms with Gasteiger partial charge in [0.05, 0.1) is 47.5 Å². The molecule has 107 heavy (non-hydrogen) atoms. The van der Waals surface area contributed by atoms with Crippen LogP contribution in [-0.2, 0) is 75.2 Å². The molecule has 0 bridgehead atoms. The third-order valence-corrected chi connectivity index (χ3v) is 22.5. The van der Waals surface area contributed by atoms with Crippen LogP contribution < -0.4 is 37.6 Å². The number of urea groups is 1. The molecule has 1 saturated carbocycles. The number of aliphatic carboxylic acids is 1. The number of allylic oxidation sites excluding steroid dienone is 2. The van der Waals surface area contributed by atoms with Gasteiger partial charge in [0.2, 0.25) is 41.4 Å². The summed E-state index contributed by atoms with van der Waals surface area (Å²) < 4.78 is 17.7. The molecule has 9 N–H and O–H groups in total. The van der Waals surface area contributed by atoms with Crippen molar-refractivity contribution < 1.29 is 76.9 Å². The number of anilines is 1. The summed E-state index contributed by atoms with van der Waals surface area (Å²) in [4.78, 5) is 168. The lowest BCUT2D eigenvalue weighted by atomic mass is 9.89. The number of carboxylic acid groups (broad SMARTS) is 1. The molecule has 10 amide bonds. The number of likely N-dealkylation sites (tertiary alicyclic amines) is 1. The van der Waals surface area contributed by atoms with Gasteiger partial charge in [-0.1, -0.05) is 175 Å². The number of nitrogens with one attached hydrogen (secondary N) is 6. The van der Waals surface area contributed by atoms with E-state index in [1.165, 1.54) is 69.6 Å². The van der Waals surface area contributed by atoms with Gasteiger partial charge in [0, 0.05) is 65.2 Å². The number of amides is 10. The molecule has 1 aliphatic heterocycles. The quantitative estimate of drug-likeness (QED) is 0.0227. The lowest BCUT2D eigenvalue weighted by Gasteiger charge is -2.41. The minimum atomic E-state index is -1.19. The summed E-state index contributed by atoms with van der Waals surface area (Å²) in [5.74, 6) is -7.83. The van der Waals surface area contributed by atoms with E-state index < -0.39 is 126 Å². The van der Waals surface area contributed by atoms with Crippen molar-refractivity contribution in [2.75, 3.05) is 46.7 Å². The fourth-order valence-corrected chi connectivity index (χ4v) is 16.1. The maximum atomic E-state index is 14.9. The Labute approximate surface area is 638 Å². The van der Waals surface area contributed by atoms with Crippen LogP contribution in [0, 0.1) is 35.5 Å². The summed E-state index contributed by atoms with van der Waals surface area (Å²) in [6.07, 6.45) is 15.1. The molecular weight excluding hydrogens is 1390 g/mol. The number of ketones is 2. The third kappa shape index (κ3) is 28.2. The molecule has 26 nitrogen and oxygen atoms in total. The van der Waals surface area contributed by atoms with Gasteiger partial charge < -0.3 is 66.8 Å². The number of primary amides is 1. The van der Waals surface area contributed by atoms with E-state index in [4.69, 9.17) is 19.9 Å². The fourth-order valence-electron chi connectivity index (χ4n) is 14.7. The zero-order valence-corrected chi connectivity index (χ0v) is 66.4. The zero-order valence-electron chi connectivity index (χ0n) is 65.6. The summed E-state index contributed by atoms with van der Waals surface area (Å²) in [6.45, 7) is 16.5. The van der Waals surface area contributed by atoms with Gasteiger partial charge in [0.1, 0.15) is 36.8 Å². The van der Waals surface area contributed by atoms with E-state index in [0.717, 1.165) is 31.2 Å². The molecule has 1 unspecified atom stereocenters. The van der Waals surface area contributed by atoms with Gasteiger partial charge in [0.25, 0.3) is 0 Å². The van der Waals surface area contributed by atoms with Crippen molar-refractivity contribution in [1.29, 1.82) is 0 Å². The summed E-state index contributed by atoms with van der Waals surface area (Å²) in [7, 11) is 5.98. The van der Waals surface area contributed by atoms with Crippen LogP contribution in [0.5, 0.6) is 0 Å². The van der Waals surface area contributed by atoms with Crippen LogP contribution in [0.4, 0.5) is 15.3 Å². The second-order valence-corrected chi connectivity index (χ2v) is 31.6. The topological polar surface area (TPSA) is 361 Å². The van der Waals surface area contributed by atoms with Gasteiger partial charge in [-0.15, -0.1) is 11.8 Å². The second-order valence-electron chi connectivity index (χ2n) is 30.3. The minimum absolute atomic E-state index is 0.0757. The minimum Gasteiger partial charge on any atom is -0.480 e. The molecule has 2 aromatic rings. The van der Waals surface area contributed by atoms with Crippen molar-refractivity contribution in [1.82, 2.24) is 41.3 Å². The normalized spacial score (nSPS) is 18.8. The summed E-state index contributed by atoms with van der Waals surface area (Å²) in [5.41, 5.74) is 6.89. The van der Waals surface area contributed by atoms with Gasteiger partial charge in [0.15, 0.2) is 11.6 Å². The highest BCUT2D eigenvalue weighted by Gasteiger charge is 2.45. The predicted octanol–water partition coefficient (Wildman–Crippen LogP) is 9.78. The van der Waals surface area contributed by atoms with Crippen LogP contribution in [0.15, 0.2) is 65.6 Å². The van der Waals surface area contributed by atoms with E-state index in [1.54, 1.807) is 127 Å². The molecule has 2 fully saturated rings. The van der Waals surface area contributed by atoms with Crippen LogP contribution in [0.25, 0.3) is 0 Å². The molecule has 596 valence electrons. The van der Waals surface area contributed by atoms with Gasteiger partial charge in [-0.05, 0) is 104 Å². The van der Waals surface area contributed by atoms with E-state index in [0.29, 0.717) is 72.9 Å². The number of unbranched alkanes of at least 4 members (excludes halogenated alkanes) is 2. The van der Waals surface area contributed by atoms with Gasteiger partial charge in [-0.2, -0.15) is 0 Å². The van der Waals surface area contributed by atoms with Crippen LogP contribution in [-0.4, -0.2) is 192 Å². The van der Waals surface area contributed by atoms with Crippen molar-refractivity contribution in [3.63, 3.8) is 0 Å². The molecule has 12 atom stereocenters. The maximum Gasteiger partial charge on any atom is 0.410 e. The highest BCUT2D eigenvalue weighted by Crippen LogP contribution is 2.38. The first-order chi connectivity index (χ1) is 50.9. The first-order valence-corrected chi connectivity index (χ1v) is 39.7. The molecule has 0 aromatic heterocycles. The molecule has 5 rings (SSSR count). The molecule has 0 spiro atoms. The number of hydrogen-bond donors (Lipinski definition) is 8. The standard InChI is InChI=1S/C80H124N10O16S/c1-14-52(8)70(63(104-12)47-66(93)90-44-30-37-61(90)72(105-13)53(9)73(95)85-60(78(100)101)45-54-31-23-21-24-32-54)88(10)77(99)68(50(4)5)87-76(98)69(51(6)7)89(11)80(103)106-48-55-39-41-56(42-40-55)83-74(96)59(36-29-43-82-79(81)102)84-75(97)67(49(2)3)86-65(92)38-28-22-27-35-58-62(91)46-64(71(58)94)107-57-33-25-19-17-15-16-18-20-26-34-57/h21,23-24,31-32,39-42,46,49-53,57-61,63,67-70,72H,14-20,22,25-30,33-38,43-45,47-48H2,1-13H3,(H,83,96)(H,84,97)(H,85,95)(H,86,92)(H,87,98)(H,100,101)(H3,81,82,102)/t52-,53+,58?,59-,60-,61-,63+,67-,68-,69-,70-,72+/m0/s1. The van der Waals surface area contributed by atoms with Gasteiger partial charge in [-0.3, -0.25) is 48.1 Å². The molecule has 1 heterocycles. The lowest BCUT2D eigenvalue weighted by molar-refractivity contribution is -0.148.